The molecule has 3 heterocycles. The second-order valence-corrected chi connectivity index (χ2v) is 14.4. The summed E-state index contributed by atoms with van der Waals surface area (Å²) >= 11 is 10.8. The fourth-order valence-electron chi connectivity index (χ4n) is 4.06. The highest BCUT2D eigenvalue weighted by Crippen LogP contribution is 2.56. The Balaban J connectivity index is 1.45. The van der Waals surface area contributed by atoms with Crippen molar-refractivity contribution < 1.29 is 18.8 Å². The quantitative estimate of drug-likeness (QED) is 0.207. The van der Waals surface area contributed by atoms with E-state index in [1.165, 1.54) is 0 Å². The number of rotatable bonds is 6. The SMILES string of the molecule is Cc1nn(CCOC(=O)c2ccc(I)cc2)c2c1P(=S)(N1CCOCC1)OC(c1ccc(I)cc1)=N2. The first-order chi connectivity index (χ1) is 17.3. The molecule has 0 bridgehead atoms. The standard InChI is InChI=1S/C24H23I2N4O4PS/c1-16-21-22(30(28-16)12-15-33-24(31)18-4-8-20(26)9-5-18)27-23(17-2-6-19(25)7-3-17)34-35(21,36)29-10-13-32-14-11-29/h2-9H,10-15H2,1H3. The number of hydrogen-bond donors (Lipinski definition) is 0. The number of aryl methyl sites for hydroxylation is 1. The van der Waals surface area contributed by atoms with E-state index in [9.17, 15) is 4.79 Å². The average Bonchev–Trinajstić information content (AvgIpc) is 3.21. The first-order valence-electron chi connectivity index (χ1n) is 11.3. The fourth-order valence-corrected chi connectivity index (χ4v) is 8.55. The monoisotopic (exact) mass is 748 g/mol. The number of nitrogens with zero attached hydrogens (tertiary/aromatic N) is 4. The molecular formula is C24H23I2N4O4PS. The summed E-state index contributed by atoms with van der Waals surface area (Å²) in [5.74, 6) is 0.798. The van der Waals surface area contributed by atoms with E-state index < -0.39 is 6.42 Å². The minimum absolute atomic E-state index is 0.161. The third-order valence-electron chi connectivity index (χ3n) is 5.84. The van der Waals surface area contributed by atoms with Gasteiger partial charge >= 0.3 is 5.97 Å². The van der Waals surface area contributed by atoms with E-state index in [1.807, 2.05) is 43.3 Å². The second-order valence-electron chi connectivity index (χ2n) is 8.23. The summed E-state index contributed by atoms with van der Waals surface area (Å²) in [5, 5.41) is 5.60. The van der Waals surface area contributed by atoms with Crippen LogP contribution in [0.2, 0.25) is 0 Å². The first kappa shape index (κ1) is 26.2. The Morgan fingerprint density at radius 3 is 2.39 bits per heavy atom. The molecule has 1 saturated heterocycles. The Morgan fingerprint density at radius 1 is 1.08 bits per heavy atom. The Morgan fingerprint density at radius 2 is 1.72 bits per heavy atom. The van der Waals surface area contributed by atoms with Gasteiger partial charge in [-0.1, -0.05) is 0 Å². The van der Waals surface area contributed by atoms with E-state index in [-0.39, 0.29) is 12.6 Å². The van der Waals surface area contributed by atoms with Gasteiger partial charge in [-0.15, -0.1) is 0 Å². The molecule has 36 heavy (non-hydrogen) atoms. The fraction of sp³-hybridized carbons (Fsp3) is 0.292. The zero-order valence-corrected chi connectivity index (χ0v) is 25.4. The van der Waals surface area contributed by atoms with Crippen molar-refractivity contribution in [2.75, 3.05) is 32.9 Å². The van der Waals surface area contributed by atoms with Crippen LogP contribution in [-0.4, -0.2) is 59.2 Å². The van der Waals surface area contributed by atoms with E-state index in [1.54, 1.807) is 16.8 Å². The van der Waals surface area contributed by atoms with Crippen molar-refractivity contribution >= 4 is 86.4 Å². The predicted octanol–water partition coefficient (Wildman–Crippen LogP) is 4.63. The molecule has 0 N–H and O–H groups in total. The molecule has 1 aromatic heterocycles. The van der Waals surface area contributed by atoms with Crippen molar-refractivity contribution in [3.05, 3.63) is 72.5 Å². The lowest BCUT2D eigenvalue weighted by Gasteiger charge is -2.38. The topological polar surface area (TPSA) is 78.2 Å². The number of aromatic nitrogens is 2. The third kappa shape index (κ3) is 5.41. The molecule has 2 aliphatic rings. The van der Waals surface area contributed by atoms with Crippen molar-refractivity contribution in [3.8, 4) is 0 Å². The highest BCUT2D eigenvalue weighted by molar-refractivity contribution is 14.1. The van der Waals surface area contributed by atoms with Crippen molar-refractivity contribution in [2.45, 2.75) is 13.5 Å². The normalized spacial score (nSPS) is 19.8. The van der Waals surface area contributed by atoms with Crippen molar-refractivity contribution in [1.29, 1.82) is 0 Å². The summed E-state index contributed by atoms with van der Waals surface area (Å²) in [7, 11) is 0. The second kappa shape index (κ2) is 11.2. The number of hydrogen-bond acceptors (Lipinski definition) is 7. The van der Waals surface area contributed by atoms with Crippen LogP contribution in [0.4, 0.5) is 5.82 Å². The van der Waals surface area contributed by atoms with Crippen LogP contribution in [-0.2, 0) is 32.3 Å². The highest BCUT2D eigenvalue weighted by Gasteiger charge is 2.42. The molecule has 5 rings (SSSR count). The lowest BCUT2D eigenvalue weighted by Crippen LogP contribution is -2.39. The molecule has 0 aliphatic carbocycles. The number of fused-ring (bicyclic) bond motifs is 1. The zero-order chi connectivity index (χ0) is 25.3. The number of benzene rings is 2. The molecule has 1 atom stereocenters. The highest BCUT2D eigenvalue weighted by atomic mass is 127. The maximum absolute atomic E-state index is 12.5. The summed E-state index contributed by atoms with van der Waals surface area (Å²) in [6.07, 6.45) is -2.67. The third-order valence-corrected chi connectivity index (χ3v) is 11.4. The summed E-state index contributed by atoms with van der Waals surface area (Å²) in [4.78, 5) is 17.4. The van der Waals surface area contributed by atoms with Gasteiger partial charge in [-0.3, -0.25) is 0 Å². The van der Waals surface area contributed by atoms with Gasteiger partial charge in [-0.25, -0.2) is 14.1 Å². The molecule has 0 amide bonds. The maximum atomic E-state index is 12.5. The van der Waals surface area contributed by atoms with Crippen LogP contribution in [0.15, 0.2) is 53.5 Å². The molecule has 8 nitrogen and oxygen atoms in total. The Labute approximate surface area is 241 Å². The lowest BCUT2D eigenvalue weighted by molar-refractivity contribution is 0.0488. The smallest absolute Gasteiger partial charge is 0.338 e. The van der Waals surface area contributed by atoms with Crippen molar-refractivity contribution in [3.63, 3.8) is 0 Å². The van der Waals surface area contributed by atoms with Gasteiger partial charge in [0.1, 0.15) is 11.9 Å². The van der Waals surface area contributed by atoms with Crippen LogP contribution in [0.3, 0.4) is 0 Å². The van der Waals surface area contributed by atoms with Gasteiger partial charge in [0.25, 0.3) is 0 Å². The molecule has 0 radical (unpaired) electrons. The Hall–Kier alpha value is -1.38. The van der Waals surface area contributed by atoms with Crippen LogP contribution in [0.25, 0.3) is 0 Å². The number of halogens is 2. The van der Waals surface area contributed by atoms with Gasteiger partial charge in [0.15, 0.2) is 5.82 Å². The number of aliphatic imine (C=N–C) groups is 1. The van der Waals surface area contributed by atoms with Crippen LogP contribution in [0, 0.1) is 14.1 Å². The van der Waals surface area contributed by atoms with Crippen LogP contribution in [0.1, 0.15) is 21.6 Å². The molecule has 0 saturated carbocycles. The number of carbonyl (C=O) groups excluding carboxylic acids is 1. The summed E-state index contributed by atoms with van der Waals surface area (Å²) in [5.41, 5.74) is 2.16. The van der Waals surface area contributed by atoms with E-state index in [2.05, 4.69) is 49.9 Å². The largest absolute Gasteiger partial charge is 0.460 e. The van der Waals surface area contributed by atoms with E-state index in [0.717, 1.165) is 23.7 Å². The van der Waals surface area contributed by atoms with Crippen LogP contribution < -0.4 is 5.30 Å². The summed E-state index contributed by atoms with van der Waals surface area (Å²) in [6, 6.07) is 15.3. The van der Waals surface area contributed by atoms with Crippen molar-refractivity contribution in [1.82, 2.24) is 14.5 Å². The van der Waals surface area contributed by atoms with Gasteiger partial charge in [0, 0.05) is 25.8 Å². The van der Waals surface area contributed by atoms with Gasteiger partial charge in [0.2, 0.25) is 12.3 Å². The number of ether oxygens (including phenoxy) is 2. The number of esters is 1. The Kier molecular flexibility index (Phi) is 8.13. The number of carbonyl (C=O) groups is 1. The predicted molar refractivity (Wildman–Crippen MR) is 159 cm³/mol. The van der Waals surface area contributed by atoms with E-state index >= 15 is 0 Å². The molecule has 1 unspecified atom stereocenters. The number of morpholine rings is 1. The van der Waals surface area contributed by atoms with Crippen LogP contribution >= 0.6 is 51.6 Å². The van der Waals surface area contributed by atoms with Crippen LogP contribution in [0.5, 0.6) is 0 Å². The van der Waals surface area contributed by atoms with Gasteiger partial charge in [0.05, 0.1) is 31.0 Å². The molecule has 3 aromatic rings. The first-order valence-corrected chi connectivity index (χ1v) is 16.2. The minimum Gasteiger partial charge on any atom is -0.460 e. The summed E-state index contributed by atoms with van der Waals surface area (Å²) in [6.45, 7) is 5.04. The molecule has 2 aliphatic heterocycles. The molecule has 2 aromatic carbocycles. The molecule has 0 spiro atoms. The molecular weight excluding hydrogens is 725 g/mol. The Bertz CT molecular complexity index is 1360. The van der Waals surface area contributed by atoms with Gasteiger partial charge in [-0.05, 0) is 112 Å². The van der Waals surface area contributed by atoms with Gasteiger partial charge < -0.3 is 14.0 Å². The van der Waals surface area contributed by atoms with E-state index in [4.69, 9.17) is 35.9 Å². The maximum Gasteiger partial charge on any atom is 0.338 e. The minimum atomic E-state index is -2.67. The molecule has 12 heteroatoms. The zero-order valence-electron chi connectivity index (χ0n) is 19.4. The average molecular weight is 748 g/mol. The lowest BCUT2D eigenvalue weighted by atomic mass is 10.2. The molecule has 1 fully saturated rings. The van der Waals surface area contributed by atoms with E-state index in [0.29, 0.717) is 50.1 Å². The molecule has 188 valence electrons. The summed E-state index contributed by atoms with van der Waals surface area (Å²) < 4.78 is 23.9. The van der Waals surface area contributed by atoms with Crippen molar-refractivity contribution in [2.24, 2.45) is 4.99 Å². The van der Waals surface area contributed by atoms with Gasteiger partial charge in [-0.2, -0.15) is 10.1 Å².